The van der Waals surface area contributed by atoms with Crippen molar-refractivity contribution in [3.8, 4) is 0 Å². The molecule has 1 atom stereocenters. The molecule has 0 aliphatic carbocycles. The van der Waals surface area contributed by atoms with Gasteiger partial charge >= 0.3 is 12.0 Å². The Labute approximate surface area is 96.4 Å². The average molecular weight is 277 g/mol. The number of ether oxygens (including phenoxy) is 1. The first-order chi connectivity index (χ1) is 7.10. The van der Waals surface area contributed by atoms with Gasteiger partial charge in [-0.2, -0.15) is 0 Å². The third-order valence-corrected chi connectivity index (χ3v) is 2.56. The lowest BCUT2D eigenvalue weighted by Gasteiger charge is -2.25. The molecular weight excluding hydrogens is 264 g/mol. The molecule has 0 bridgehead atoms. The number of carbonyl (C=O) groups excluding carboxylic acids is 2. The van der Waals surface area contributed by atoms with E-state index < -0.39 is 5.97 Å². The second-order valence-electron chi connectivity index (χ2n) is 3.07. The molecule has 0 saturated heterocycles. The molecular formula is C9H13BrN2O3. The highest BCUT2D eigenvalue weighted by Gasteiger charge is 2.28. The van der Waals surface area contributed by atoms with E-state index in [0.717, 1.165) is 0 Å². The third-order valence-electron chi connectivity index (χ3n) is 2.00. The van der Waals surface area contributed by atoms with Gasteiger partial charge in [-0.3, -0.25) is 0 Å². The fourth-order valence-electron chi connectivity index (χ4n) is 1.38. The predicted molar refractivity (Wildman–Crippen MR) is 58.6 cm³/mol. The van der Waals surface area contributed by atoms with Crippen molar-refractivity contribution in [1.29, 1.82) is 0 Å². The molecule has 0 fully saturated rings. The van der Waals surface area contributed by atoms with Gasteiger partial charge in [0.1, 0.15) is 0 Å². The number of nitrogens with one attached hydrogen (secondary N) is 2. The van der Waals surface area contributed by atoms with E-state index in [0.29, 0.717) is 23.2 Å². The van der Waals surface area contributed by atoms with Crippen molar-refractivity contribution in [2.24, 2.45) is 0 Å². The molecule has 1 aliphatic rings. The lowest BCUT2D eigenvalue weighted by molar-refractivity contribution is -0.138. The number of urea groups is 1. The predicted octanol–water partition coefficient (Wildman–Crippen LogP) is 0.900. The molecule has 1 rings (SSSR count). The van der Waals surface area contributed by atoms with E-state index in [2.05, 4.69) is 26.6 Å². The van der Waals surface area contributed by atoms with Crippen LogP contribution in [-0.4, -0.2) is 30.0 Å². The zero-order valence-electron chi connectivity index (χ0n) is 8.59. The number of allylic oxidation sites excluding steroid dienone is 1. The minimum atomic E-state index is -0.396. The maximum atomic E-state index is 11.6. The second kappa shape index (κ2) is 5.16. The first-order valence-electron chi connectivity index (χ1n) is 4.63. The summed E-state index contributed by atoms with van der Waals surface area (Å²) in [6.45, 7) is 3.80. The van der Waals surface area contributed by atoms with Crippen LogP contribution >= 0.6 is 15.9 Å². The Hall–Kier alpha value is -1.04. The van der Waals surface area contributed by atoms with Gasteiger partial charge in [0.15, 0.2) is 0 Å². The summed E-state index contributed by atoms with van der Waals surface area (Å²) in [4.78, 5) is 22.7. The van der Waals surface area contributed by atoms with Gasteiger partial charge in [-0.15, -0.1) is 0 Å². The van der Waals surface area contributed by atoms with Crippen molar-refractivity contribution in [1.82, 2.24) is 10.6 Å². The number of carbonyl (C=O) groups is 2. The van der Waals surface area contributed by atoms with Crippen LogP contribution in [0.1, 0.15) is 13.8 Å². The molecule has 0 aromatic carbocycles. The van der Waals surface area contributed by atoms with E-state index in [1.54, 1.807) is 13.8 Å². The highest BCUT2D eigenvalue weighted by Crippen LogP contribution is 2.15. The Morgan fingerprint density at radius 2 is 2.27 bits per heavy atom. The molecule has 6 heteroatoms. The maximum absolute atomic E-state index is 11.6. The monoisotopic (exact) mass is 276 g/mol. The summed E-state index contributed by atoms with van der Waals surface area (Å²) >= 11 is 3.22. The third kappa shape index (κ3) is 2.71. The summed E-state index contributed by atoms with van der Waals surface area (Å²) in [6.07, 6.45) is 0. The minimum absolute atomic E-state index is 0.301. The Kier molecular flexibility index (Phi) is 4.14. The maximum Gasteiger partial charge on any atom is 0.337 e. The van der Waals surface area contributed by atoms with E-state index in [4.69, 9.17) is 4.74 Å². The number of hydrogen-bond donors (Lipinski definition) is 2. The van der Waals surface area contributed by atoms with Crippen molar-refractivity contribution >= 4 is 27.9 Å². The van der Waals surface area contributed by atoms with E-state index in [1.807, 2.05) is 0 Å². The van der Waals surface area contributed by atoms with Gasteiger partial charge in [0.25, 0.3) is 0 Å². The van der Waals surface area contributed by atoms with Gasteiger partial charge < -0.3 is 15.4 Å². The topological polar surface area (TPSA) is 67.4 Å². The van der Waals surface area contributed by atoms with E-state index in [9.17, 15) is 9.59 Å². The lowest BCUT2D eigenvalue weighted by Crippen LogP contribution is -2.49. The molecule has 15 heavy (non-hydrogen) atoms. The molecule has 5 nitrogen and oxygen atoms in total. The van der Waals surface area contributed by atoms with Gasteiger partial charge in [0.2, 0.25) is 0 Å². The largest absolute Gasteiger partial charge is 0.463 e. The summed E-state index contributed by atoms with van der Waals surface area (Å²) in [5.41, 5.74) is 1.03. The van der Waals surface area contributed by atoms with Gasteiger partial charge in [0, 0.05) is 11.0 Å². The number of amides is 2. The highest BCUT2D eigenvalue weighted by atomic mass is 79.9. The number of alkyl halides is 1. The van der Waals surface area contributed by atoms with Crippen LogP contribution in [0.5, 0.6) is 0 Å². The number of rotatable bonds is 3. The molecule has 0 radical (unpaired) electrons. The van der Waals surface area contributed by atoms with Gasteiger partial charge in [0.05, 0.1) is 18.2 Å². The normalized spacial score (nSPS) is 20.7. The quantitative estimate of drug-likeness (QED) is 0.595. The van der Waals surface area contributed by atoms with Gasteiger partial charge in [-0.1, -0.05) is 15.9 Å². The van der Waals surface area contributed by atoms with Crippen LogP contribution in [0.25, 0.3) is 0 Å². The Morgan fingerprint density at radius 1 is 1.60 bits per heavy atom. The van der Waals surface area contributed by atoms with Gasteiger partial charge in [-0.25, -0.2) is 9.59 Å². The molecule has 84 valence electrons. The van der Waals surface area contributed by atoms with Gasteiger partial charge in [-0.05, 0) is 13.8 Å². The summed E-state index contributed by atoms with van der Waals surface area (Å²) < 4.78 is 4.91. The van der Waals surface area contributed by atoms with Crippen LogP contribution < -0.4 is 10.6 Å². The Morgan fingerprint density at radius 3 is 2.80 bits per heavy atom. The zero-order valence-corrected chi connectivity index (χ0v) is 10.2. The van der Waals surface area contributed by atoms with Crippen LogP contribution in [-0.2, 0) is 9.53 Å². The van der Waals surface area contributed by atoms with E-state index >= 15 is 0 Å². The standard InChI is InChI=1S/C9H13BrN2O3/c1-3-15-8(13)7-5(2)11-9(14)12-6(7)4-10/h5H,3-4H2,1-2H3,(H2,11,12,14)/t5-/m0/s1. The molecule has 2 N–H and O–H groups in total. The summed E-state index contributed by atoms with van der Waals surface area (Å²) in [5.74, 6) is -0.396. The Bertz CT molecular complexity index is 314. The summed E-state index contributed by atoms with van der Waals surface area (Å²) in [7, 11) is 0. The first-order valence-corrected chi connectivity index (χ1v) is 5.76. The van der Waals surface area contributed by atoms with E-state index in [1.165, 1.54) is 0 Å². The second-order valence-corrected chi connectivity index (χ2v) is 3.63. The molecule has 1 heterocycles. The van der Waals surface area contributed by atoms with Crippen LogP contribution in [0.4, 0.5) is 4.79 Å². The Balaban J connectivity index is 2.97. The molecule has 2 amide bonds. The van der Waals surface area contributed by atoms with E-state index in [-0.39, 0.29) is 12.1 Å². The number of halogens is 1. The van der Waals surface area contributed by atoms with Crippen LogP contribution in [0, 0.1) is 0 Å². The molecule has 0 saturated carbocycles. The minimum Gasteiger partial charge on any atom is -0.463 e. The van der Waals surface area contributed by atoms with Crippen molar-refractivity contribution in [3.05, 3.63) is 11.3 Å². The van der Waals surface area contributed by atoms with Crippen molar-refractivity contribution in [2.45, 2.75) is 19.9 Å². The number of hydrogen-bond acceptors (Lipinski definition) is 3. The highest BCUT2D eigenvalue weighted by molar-refractivity contribution is 9.09. The molecule has 0 spiro atoms. The number of esters is 1. The fraction of sp³-hybridized carbons (Fsp3) is 0.556. The molecule has 0 aromatic rings. The molecule has 0 unspecified atom stereocenters. The lowest BCUT2D eigenvalue weighted by atomic mass is 10.1. The summed E-state index contributed by atoms with van der Waals surface area (Å²) in [5, 5.41) is 5.59. The first kappa shape index (κ1) is 12.0. The molecule has 1 aliphatic heterocycles. The van der Waals surface area contributed by atoms with Crippen molar-refractivity contribution in [3.63, 3.8) is 0 Å². The molecule has 0 aromatic heterocycles. The van der Waals surface area contributed by atoms with Crippen LogP contribution in [0.15, 0.2) is 11.3 Å². The average Bonchev–Trinajstić information content (AvgIpc) is 2.16. The van der Waals surface area contributed by atoms with Crippen molar-refractivity contribution in [2.75, 3.05) is 11.9 Å². The SMILES string of the molecule is CCOC(=O)C1=C(CBr)NC(=O)N[C@H]1C. The van der Waals surface area contributed by atoms with Crippen LogP contribution in [0.3, 0.4) is 0 Å². The van der Waals surface area contributed by atoms with Crippen LogP contribution in [0.2, 0.25) is 0 Å². The zero-order chi connectivity index (χ0) is 11.4. The summed E-state index contributed by atoms with van der Waals surface area (Å²) in [6, 6.07) is -0.629. The van der Waals surface area contributed by atoms with Crippen molar-refractivity contribution < 1.29 is 14.3 Å². The fourth-order valence-corrected chi connectivity index (χ4v) is 1.83. The smallest absolute Gasteiger partial charge is 0.337 e.